The second-order valence-electron chi connectivity index (χ2n) is 3.78. The molecule has 6 nitrogen and oxygen atoms in total. The van der Waals surface area contributed by atoms with E-state index >= 15 is 0 Å². The molecule has 0 saturated carbocycles. The molecule has 3 amide bonds. The van der Waals surface area contributed by atoms with Crippen molar-refractivity contribution >= 4 is 11.9 Å². The summed E-state index contributed by atoms with van der Waals surface area (Å²) in [7, 11) is 0. The van der Waals surface area contributed by atoms with Crippen molar-refractivity contribution in [3.05, 3.63) is 0 Å². The predicted octanol–water partition coefficient (Wildman–Crippen LogP) is -1.23. The van der Waals surface area contributed by atoms with Crippen LogP contribution in [0.3, 0.4) is 0 Å². The maximum Gasteiger partial charge on any atom is 0.312 e. The molecule has 0 aromatic heterocycles. The van der Waals surface area contributed by atoms with Crippen molar-refractivity contribution in [2.75, 3.05) is 19.6 Å². The summed E-state index contributed by atoms with van der Waals surface area (Å²) < 4.78 is 0. The van der Waals surface area contributed by atoms with Gasteiger partial charge in [0.05, 0.1) is 6.04 Å². The number of primary amides is 1. The lowest BCUT2D eigenvalue weighted by molar-refractivity contribution is -0.123. The van der Waals surface area contributed by atoms with Crippen LogP contribution in [0.4, 0.5) is 4.79 Å². The Morgan fingerprint density at radius 2 is 2.07 bits per heavy atom. The van der Waals surface area contributed by atoms with E-state index in [2.05, 4.69) is 16.0 Å². The molecule has 1 aliphatic rings. The van der Waals surface area contributed by atoms with Crippen molar-refractivity contribution in [2.45, 2.75) is 19.4 Å². The summed E-state index contributed by atoms with van der Waals surface area (Å²) in [4.78, 5) is 21.9. The molecule has 15 heavy (non-hydrogen) atoms. The summed E-state index contributed by atoms with van der Waals surface area (Å²) >= 11 is 0. The summed E-state index contributed by atoms with van der Waals surface area (Å²) in [5.74, 6) is 0.361. The molecule has 1 saturated heterocycles. The van der Waals surface area contributed by atoms with Crippen LogP contribution in [0.5, 0.6) is 0 Å². The minimum atomic E-state index is -0.573. The van der Waals surface area contributed by atoms with Gasteiger partial charge < -0.3 is 21.7 Å². The van der Waals surface area contributed by atoms with Crippen LogP contribution in [0.15, 0.2) is 0 Å². The van der Waals surface area contributed by atoms with Gasteiger partial charge in [0.2, 0.25) is 5.91 Å². The van der Waals surface area contributed by atoms with Gasteiger partial charge in [-0.15, -0.1) is 0 Å². The maximum absolute atomic E-state index is 11.6. The highest BCUT2D eigenvalue weighted by Gasteiger charge is 2.28. The van der Waals surface area contributed by atoms with E-state index < -0.39 is 6.03 Å². The zero-order valence-electron chi connectivity index (χ0n) is 8.88. The molecule has 5 N–H and O–H groups in total. The Morgan fingerprint density at radius 1 is 1.40 bits per heavy atom. The lowest BCUT2D eigenvalue weighted by atomic mass is 10.0. The quantitative estimate of drug-likeness (QED) is 0.441. The van der Waals surface area contributed by atoms with Crippen LogP contribution in [0.2, 0.25) is 0 Å². The van der Waals surface area contributed by atoms with Crippen molar-refractivity contribution < 1.29 is 9.59 Å². The summed E-state index contributed by atoms with van der Waals surface area (Å²) in [5.41, 5.74) is 4.88. The van der Waals surface area contributed by atoms with E-state index in [0.29, 0.717) is 19.0 Å². The molecule has 0 radical (unpaired) electrons. The van der Waals surface area contributed by atoms with Crippen molar-refractivity contribution in [2.24, 2.45) is 11.7 Å². The minimum absolute atomic E-state index is 0.00808. The molecule has 0 aromatic carbocycles. The Kier molecular flexibility index (Phi) is 4.36. The SMILES string of the molecule is CC1CCNC1C(=O)NCCNC(N)=O. The molecule has 1 rings (SSSR count). The highest BCUT2D eigenvalue weighted by Crippen LogP contribution is 2.13. The first-order chi connectivity index (χ1) is 7.11. The smallest absolute Gasteiger partial charge is 0.312 e. The lowest BCUT2D eigenvalue weighted by Gasteiger charge is -2.15. The van der Waals surface area contributed by atoms with Crippen LogP contribution in [-0.4, -0.2) is 37.6 Å². The third kappa shape index (κ3) is 3.75. The average Bonchev–Trinajstić information content (AvgIpc) is 2.58. The van der Waals surface area contributed by atoms with Gasteiger partial charge in [-0.05, 0) is 18.9 Å². The van der Waals surface area contributed by atoms with Gasteiger partial charge >= 0.3 is 6.03 Å². The fourth-order valence-electron chi connectivity index (χ4n) is 1.67. The zero-order valence-corrected chi connectivity index (χ0v) is 8.88. The third-order valence-corrected chi connectivity index (χ3v) is 2.54. The Balaban J connectivity index is 2.15. The molecule has 6 heteroatoms. The number of nitrogens with one attached hydrogen (secondary N) is 3. The van der Waals surface area contributed by atoms with Gasteiger partial charge in [0.15, 0.2) is 0 Å². The van der Waals surface area contributed by atoms with Crippen LogP contribution >= 0.6 is 0 Å². The van der Waals surface area contributed by atoms with Gasteiger partial charge in [-0.3, -0.25) is 4.79 Å². The standard InChI is InChI=1S/C9H18N4O2/c1-6-2-3-11-7(6)8(14)12-4-5-13-9(10)15/h6-7,11H,2-5H2,1H3,(H,12,14)(H3,10,13,15). The number of urea groups is 1. The van der Waals surface area contributed by atoms with Crippen LogP contribution in [0.1, 0.15) is 13.3 Å². The molecule has 0 aliphatic carbocycles. The molecule has 1 fully saturated rings. The highest BCUT2D eigenvalue weighted by atomic mass is 16.2. The van der Waals surface area contributed by atoms with Gasteiger partial charge in [0.25, 0.3) is 0 Å². The predicted molar refractivity (Wildman–Crippen MR) is 56.2 cm³/mol. The molecule has 0 aromatic rings. The first-order valence-corrected chi connectivity index (χ1v) is 5.15. The molecule has 86 valence electrons. The average molecular weight is 214 g/mol. The van der Waals surface area contributed by atoms with Crippen LogP contribution < -0.4 is 21.7 Å². The first-order valence-electron chi connectivity index (χ1n) is 5.15. The van der Waals surface area contributed by atoms with Crippen molar-refractivity contribution in [3.8, 4) is 0 Å². The fraction of sp³-hybridized carbons (Fsp3) is 0.778. The van der Waals surface area contributed by atoms with Gasteiger partial charge in [-0.1, -0.05) is 6.92 Å². The summed E-state index contributed by atoms with van der Waals surface area (Å²) in [5, 5.41) is 8.28. The zero-order chi connectivity index (χ0) is 11.3. The molecule has 1 heterocycles. The summed E-state index contributed by atoms with van der Waals surface area (Å²) in [6.07, 6.45) is 1.03. The maximum atomic E-state index is 11.6. The number of hydrogen-bond donors (Lipinski definition) is 4. The number of nitrogens with two attached hydrogens (primary N) is 1. The number of hydrogen-bond acceptors (Lipinski definition) is 3. The molecular weight excluding hydrogens is 196 g/mol. The topological polar surface area (TPSA) is 96.2 Å². The Labute approximate surface area is 89.0 Å². The molecular formula is C9H18N4O2. The molecule has 0 bridgehead atoms. The van der Waals surface area contributed by atoms with E-state index in [1.165, 1.54) is 0 Å². The summed E-state index contributed by atoms with van der Waals surface area (Å²) in [6, 6.07) is -0.671. The minimum Gasteiger partial charge on any atom is -0.353 e. The Bertz CT molecular complexity index is 244. The van der Waals surface area contributed by atoms with Crippen molar-refractivity contribution in [3.63, 3.8) is 0 Å². The fourth-order valence-corrected chi connectivity index (χ4v) is 1.67. The van der Waals surface area contributed by atoms with E-state index in [0.717, 1.165) is 13.0 Å². The van der Waals surface area contributed by atoms with E-state index in [9.17, 15) is 9.59 Å². The summed E-state index contributed by atoms with van der Waals surface area (Å²) in [6.45, 7) is 3.71. The van der Waals surface area contributed by atoms with Crippen LogP contribution in [0.25, 0.3) is 0 Å². The highest BCUT2D eigenvalue weighted by molar-refractivity contribution is 5.82. The van der Waals surface area contributed by atoms with Gasteiger partial charge in [-0.25, -0.2) is 4.79 Å². The third-order valence-electron chi connectivity index (χ3n) is 2.54. The molecule has 1 aliphatic heterocycles. The van der Waals surface area contributed by atoms with E-state index in [1.807, 2.05) is 6.92 Å². The number of carbonyl (C=O) groups excluding carboxylic acids is 2. The number of rotatable bonds is 4. The van der Waals surface area contributed by atoms with Crippen molar-refractivity contribution in [1.82, 2.24) is 16.0 Å². The normalized spacial score (nSPS) is 24.9. The monoisotopic (exact) mass is 214 g/mol. The molecule has 2 unspecified atom stereocenters. The second-order valence-corrected chi connectivity index (χ2v) is 3.78. The first kappa shape index (κ1) is 11.8. The Hall–Kier alpha value is -1.30. The molecule has 2 atom stereocenters. The van der Waals surface area contributed by atoms with E-state index in [-0.39, 0.29) is 11.9 Å². The number of carbonyl (C=O) groups is 2. The van der Waals surface area contributed by atoms with E-state index in [4.69, 9.17) is 5.73 Å². The van der Waals surface area contributed by atoms with Crippen LogP contribution in [-0.2, 0) is 4.79 Å². The lowest BCUT2D eigenvalue weighted by Crippen LogP contribution is -2.46. The van der Waals surface area contributed by atoms with Gasteiger partial charge in [-0.2, -0.15) is 0 Å². The van der Waals surface area contributed by atoms with Crippen molar-refractivity contribution in [1.29, 1.82) is 0 Å². The van der Waals surface area contributed by atoms with Crippen LogP contribution in [0, 0.1) is 5.92 Å². The van der Waals surface area contributed by atoms with Gasteiger partial charge in [0, 0.05) is 13.1 Å². The molecule has 0 spiro atoms. The number of amides is 3. The Morgan fingerprint density at radius 3 is 2.60 bits per heavy atom. The second kappa shape index (κ2) is 5.55. The van der Waals surface area contributed by atoms with Gasteiger partial charge in [0.1, 0.15) is 0 Å². The largest absolute Gasteiger partial charge is 0.353 e. The van der Waals surface area contributed by atoms with E-state index in [1.54, 1.807) is 0 Å².